The maximum absolute atomic E-state index is 13.0. The fourth-order valence-corrected chi connectivity index (χ4v) is 5.50. The Balaban J connectivity index is 1.57. The summed E-state index contributed by atoms with van der Waals surface area (Å²) >= 11 is 1.48. The summed E-state index contributed by atoms with van der Waals surface area (Å²) in [5.41, 5.74) is 1.48. The van der Waals surface area contributed by atoms with E-state index < -0.39 is 28.7 Å². The minimum atomic E-state index is -0.723. The molecule has 0 spiro atoms. The van der Waals surface area contributed by atoms with Crippen LogP contribution in [0.5, 0.6) is 0 Å². The van der Waals surface area contributed by atoms with Crippen molar-refractivity contribution < 1.29 is 23.6 Å². The first-order valence-corrected chi connectivity index (χ1v) is 10.0. The summed E-state index contributed by atoms with van der Waals surface area (Å²) in [6, 6.07) is 7.83. The average molecular weight is 415 g/mol. The van der Waals surface area contributed by atoms with Crippen LogP contribution < -0.4 is 5.32 Å². The smallest absolute Gasteiger partial charge is 0.330 e. The fourth-order valence-electron chi connectivity index (χ4n) is 3.88. The van der Waals surface area contributed by atoms with Crippen LogP contribution >= 0.6 is 11.8 Å². The van der Waals surface area contributed by atoms with Gasteiger partial charge < -0.3 is 19.5 Å². The molecule has 1 N–H and O–H groups in total. The first kappa shape index (κ1) is 19.5. The van der Waals surface area contributed by atoms with E-state index in [1.54, 1.807) is 6.92 Å². The number of aryl methyl sites for hydroxylation is 1. The molecule has 2 aliphatic heterocycles. The standard InChI is InChI=1S/C20H21N3O5S/c1-10-12(13(22-28-10)11-8-6-5-7-9-11)16(24)21-14-17(25)23-15(19(26)27-4)20(2,3)29-18(14)23/h5-9,14-15,18H,1-4H3,(H,21,24)/t14-,15+,18-/m1/s1. The molecule has 1 aromatic carbocycles. The summed E-state index contributed by atoms with van der Waals surface area (Å²) in [7, 11) is 1.31. The van der Waals surface area contributed by atoms with Crippen LogP contribution in [0.3, 0.4) is 0 Å². The summed E-state index contributed by atoms with van der Waals surface area (Å²) in [5, 5.41) is 6.49. The Morgan fingerprint density at radius 1 is 1.28 bits per heavy atom. The number of ether oxygens (including phenoxy) is 1. The number of rotatable bonds is 4. The summed E-state index contributed by atoms with van der Waals surface area (Å²) < 4.78 is 9.60. The number of hydrogen-bond donors (Lipinski definition) is 1. The molecule has 0 unspecified atom stereocenters. The zero-order valence-electron chi connectivity index (χ0n) is 16.5. The number of carbonyl (C=O) groups excluding carboxylic acids is 3. The van der Waals surface area contributed by atoms with Crippen LogP contribution in [-0.4, -0.2) is 57.2 Å². The van der Waals surface area contributed by atoms with E-state index in [0.717, 1.165) is 5.56 Å². The van der Waals surface area contributed by atoms with Crippen molar-refractivity contribution >= 4 is 29.5 Å². The van der Waals surface area contributed by atoms with Crippen molar-refractivity contribution in [3.63, 3.8) is 0 Å². The lowest BCUT2D eigenvalue weighted by Gasteiger charge is -2.43. The number of hydrogen-bond acceptors (Lipinski definition) is 7. The molecular weight excluding hydrogens is 394 g/mol. The lowest BCUT2D eigenvalue weighted by atomic mass is 9.95. The van der Waals surface area contributed by atoms with Crippen molar-refractivity contribution in [3.05, 3.63) is 41.7 Å². The van der Waals surface area contributed by atoms with E-state index in [0.29, 0.717) is 17.0 Å². The average Bonchev–Trinajstić information content (AvgIpc) is 3.21. The van der Waals surface area contributed by atoms with Gasteiger partial charge in [0.05, 0.1) is 7.11 Å². The minimum absolute atomic E-state index is 0.299. The third-order valence-corrected chi connectivity index (χ3v) is 6.86. The molecular formula is C20H21N3O5S. The first-order chi connectivity index (χ1) is 13.8. The Kier molecular flexibility index (Phi) is 4.65. The monoisotopic (exact) mass is 415 g/mol. The largest absolute Gasteiger partial charge is 0.467 e. The lowest BCUT2D eigenvalue weighted by molar-refractivity contribution is -0.161. The predicted molar refractivity (Wildman–Crippen MR) is 106 cm³/mol. The summed E-state index contributed by atoms with van der Waals surface area (Å²) in [4.78, 5) is 39.5. The topological polar surface area (TPSA) is 102 Å². The lowest BCUT2D eigenvalue weighted by Crippen LogP contribution is -2.70. The van der Waals surface area contributed by atoms with Crippen molar-refractivity contribution in [1.29, 1.82) is 0 Å². The van der Waals surface area contributed by atoms with E-state index in [4.69, 9.17) is 9.26 Å². The van der Waals surface area contributed by atoms with Gasteiger partial charge in [0.1, 0.15) is 34.5 Å². The number of benzene rings is 1. The summed E-state index contributed by atoms with van der Waals surface area (Å²) in [6.45, 7) is 5.44. The molecule has 2 aliphatic rings. The maximum atomic E-state index is 13.0. The predicted octanol–water partition coefficient (Wildman–Crippen LogP) is 1.98. The normalized spacial score (nSPS) is 24.6. The Bertz CT molecular complexity index is 987. The molecule has 2 amide bonds. The quantitative estimate of drug-likeness (QED) is 0.602. The molecule has 8 nitrogen and oxygen atoms in total. The molecule has 4 rings (SSSR count). The van der Waals surface area contributed by atoms with Crippen molar-refractivity contribution in [2.24, 2.45) is 0 Å². The van der Waals surface area contributed by atoms with Gasteiger partial charge in [-0.3, -0.25) is 9.59 Å². The Hall–Kier alpha value is -2.81. The molecule has 29 heavy (non-hydrogen) atoms. The third kappa shape index (κ3) is 3.00. The highest BCUT2D eigenvalue weighted by Gasteiger charge is 2.64. The Morgan fingerprint density at radius 2 is 1.97 bits per heavy atom. The van der Waals surface area contributed by atoms with Gasteiger partial charge in [-0.25, -0.2) is 4.79 Å². The van der Waals surface area contributed by atoms with Gasteiger partial charge in [0.2, 0.25) is 5.91 Å². The Morgan fingerprint density at radius 3 is 2.62 bits per heavy atom. The number of nitrogens with zero attached hydrogens (tertiary/aromatic N) is 2. The van der Waals surface area contributed by atoms with Crippen LogP contribution in [0.25, 0.3) is 11.3 Å². The summed E-state index contributed by atoms with van der Waals surface area (Å²) in [5.74, 6) is -0.811. The van der Waals surface area contributed by atoms with Gasteiger partial charge in [0.15, 0.2) is 0 Å². The molecule has 0 radical (unpaired) electrons. The number of aromatic nitrogens is 1. The number of nitrogens with one attached hydrogen (secondary N) is 1. The van der Waals surface area contributed by atoms with E-state index in [-0.39, 0.29) is 11.3 Å². The van der Waals surface area contributed by atoms with Crippen molar-refractivity contribution in [2.45, 2.75) is 43.0 Å². The van der Waals surface area contributed by atoms with Gasteiger partial charge in [-0.15, -0.1) is 11.8 Å². The highest BCUT2D eigenvalue weighted by Crippen LogP contribution is 2.51. The second kappa shape index (κ2) is 6.91. The molecule has 3 atom stereocenters. The molecule has 0 aliphatic carbocycles. The van der Waals surface area contributed by atoms with Gasteiger partial charge in [-0.05, 0) is 20.8 Å². The molecule has 1 aromatic heterocycles. The van der Waals surface area contributed by atoms with Gasteiger partial charge in [-0.2, -0.15) is 0 Å². The van der Waals surface area contributed by atoms with Crippen LogP contribution in [0, 0.1) is 6.92 Å². The first-order valence-electron chi connectivity index (χ1n) is 9.16. The van der Waals surface area contributed by atoms with Crippen LogP contribution in [0.1, 0.15) is 30.0 Å². The van der Waals surface area contributed by atoms with E-state index in [1.165, 1.54) is 23.8 Å². The van der Waals surface area contributed by atoms with Crippen LogP contribution in [0.15, 0.2) is 34.9 Å². The molecule has 0 bridgehead atoms. The molecule has 0 saturated carbocycles. The zero-order chi connectivity index (χ0) is 20.9. The van der Waals surface area contributed by atoms with Gasteiger partial charge in [-0.1, -0.05) is 35.5 Å². The third-order valence-electron chi connectivity index (χ3n) is 5.29. The number of methoxy groups -OCH3 is 1. The molecule has 9 heteroatoms. The number of β-lactam (4-membered cyclic amide) rings is 1. The van der Waals surface area contributed by atoms with Crippen molar-refractivity contribution in [1.82, 2.24) is 15.4 Å². The van der Waals surface area contributed by atoms with Crippen LogP contribution in [0.2, 0.25) is 0 Å². The molecule has 2 fully saturated rings. The number of carbonyl (C=O) groups is 3. The van der Waals surface area contributed by atoms with E-state index in [2.05, 4.69) is 10.5 Å². The number of fused-ring (bicyclic) bond motifs is 1. The fraction of sp³-hybridized carbons (Fsp3) is 0.400. The summed E-state index contributed by atoms with van der Waals surface area (Å²) in [6.07, 6.45) is 0. The van der Waals surface area contributed by atoms with Crippen LogP contribution in [0.4, 0.5) is 0 Å². The highest BCUT2D eigenvalue weighted by molar-refractivity contribution is 8.01. The molecule has 3 heterocycles. The van der Waals surface area contributed by atoms with E-state index in [9.17, 15) is 14.4 Å². The van der Waals surface area contributed by atoms with Crippen molar-refractivity contribution in [2.75, 3.05) is 7.11 Å². The molecule has 2 saturated heterocycles. The number of thioether (sulfide) groups is 1. The van der Waals surface area contributed by atoms with Gasteiger partial charge in [0, 0.05) is 10.3 Å². The number of amides is 2. The van der Waals surface area contributed by atoms with E-state index in [1.807, 2.05) is 44.2 Å². The SMILES string of the molecule is COC(=O)[C@@H]1N2C(=O)[C@@H](NC(=O)c3c(-c4ccccc4)noc3C)[C@H]2SC1(C)C. The molecule has 2 aromatic rings. The van der Waals surface area contributed by atoms with Gasteiger partial charge >= 0.3 is 5.97 Å². The highest BCUT2D eigenvalue weighted by atomic mass is 32.2. The number of esters is 1. The van der Waals surface area contributed by atoms with Gasteiger partial charge in [0.25, 0.3) is 5.91 Å². The second-order valence-electron chi connectivity index (χ2n) is 7.56. The second-order valence-corrected chi connectivity index (χ2v) is 9.33. The van der Waals surface area contributed by atoms with E-state index >= 15 is 0 Å². The zero-order valence-corrected chi connectivity index (χ0v) is 17.3. The Labute approximate surface area is 171 Å². The molecule has 152 valence electrons. The minimum Gasteiger partial charge on any atom is -0.467 e. The van der Waals surface area contributed by atoms with Crippen molar-refractivity contribution in [3.8, 4) is 11.3 Å². The maximum Gasteiger partial charge on any atom is 0.330 e. The van der Waals surface area contributed by atoms with Crippen LogP contribution in [-0.2, 0) is 14.3 Å².